The monoisotopic (exact) mass is 252 g/mol. The van der Waals surface area contributed by atoms with E-state index in [1.165, 1.54) is 16.7 Å². The van der Waals surface area contributed by atoms with Gasteiger partial charge in [0.2, 0.25) is 0 Å². The van der Waals surface area contributed by atoms with Crippen LogP contribution in [0.4, 0.5) is 0 Å². The second-order valence-corrected chi connectivity index (χ2v) is 4.73. The summed E-state index contributed by atoms with van der Waals surface area (Å²) in [5.74, 6) is 1.21. The van der Waals surface area contributed by atoms with Gasteiger partial charge in [-0.25, -0.2) is 0 Å². The Balaban J connectivity index is 2.05. The number of aryl methyl sites for hydroxylation is 1. The van der Waals surface area contributed by atoms with Crippen molar-refractivity contribution in [3.05, 3.63) is 65.2 Å². The van der Waals surface area contributed by atoms with E-state index in [1.54, 1.807) is 19.2 Å². The summed E-state index contributed by atoms with van der Waals surface area (Å²) >= 11 is 0. The summed E-state index contributed by atoms with van der Waals surface area (Å²) in [4.78, 5) is 0. The van der Waals surface area contributed by atoms with Gasteiger partial charge in [0.25, 0.3) is 0 Å². The van der Waals surface area contributed by atoms with Gasteiger partial charge in [-0.2, -0.15) is 0 Å². The molecule has 96 valence electrons. The molecule has 19 heavy (non-hydrogen) atoms. The lowest BCUT2D eigenvalue weighted by Crippen LogP contribution is -2.01. The topological polar surface area (TPSA) is 29.5 Å². The van der Waals surface area contributed by atoms with E-state index in [2.05, 4.69) is 18.2 Å². The van der Waals surface area contributed by atoms with E-state index in [0.717, 1.165) is 24.2 Å². The minimum atomic E-state index is 0.301. The molecule has 1 N–H and O–H groups in total. The molecule has 0 saturated carbocycles. The third-order valence-corrected chi connectivity index (χ3v) is 3.54. The second kappa shape index (κ2) is 4.81. The number of methoxy groups -OCH3 is 1. The highest BCUT2D eigenvalue weighted by Crippen LogP contribution is 2.34. The van der Waals surface area contributed by atoms with Crippen LogP contribution < -0.4 is 4.74 Å². The van der Waals surface area contributed by atoms with E-state index in [9.17, 15) is 5.11 Å². The molecule has 2 aromatic carbocycles. The predicted octanol–water partition coefficient (Wildman–Crippen LogP) is 3.78. The first-order valence-corrected chi connectivity index (χ1v) is 6.45. The van der Waals surface area contributed by atoms with Crippen LogP contribution in [-0.2, 0) is 6.42 Å². The Morgan fingerprint density at radius 2 is 1.84 bits per heavy atom. The molecule has 0 aliphatic heterocycles. The molecule has 3 rings (SSSR count). The smallest absolute Gasteiger partial charge is 0.119 e. The van der Waals surface area contributed by atoms with Crippen LogP contribution >= 0.6 is 0 Å². The van der Waals surface area contributed by atoms with Gasteiger partial charge in [0.1, 0.15) is 11.5 Å². The van der Waals surface area contributed by atoms with Gasteiger partial charge in [-0.15, -0.1) is 0 Å². The summed E-state index contributed by atoms with van der Waals surface area (Å²) in [7, 11) is 1.70. The molecule has 0 amide bonds. The van der Waals surface area contributed by atoms with Crippen LogP contribution in [0.25, 0.3) is 5.57 Å². The fraction of sp³-hybridized carbons (Fsp3) is 0.176. The maximum absolute atomic E-state index is 9.38. The molecule has 0 aromatic heterocycles. The fourth-order valence-electron chi connectivity index (χ4n) is 2.56. The van der Waals surface area contributed by atoms with Crippen molar-refractivity contribution < 1.29 is 9.84 Å². The van der Waals surface area contributed by atoms with Gasteiger partial charge in [0.15, 0.2) is 0 Å². The molecule has 0 spiro atoms. The minimum Gasteiger partial charge on any atom is -0.508 e. The normalized spacial score (nSPS) is 13.6. The lowest BCUT2D eigenvalue weighted by molar-refractivity contribution is 0.414. The SMILES string of the molecule is COc1ccc2c(c1)CCC=C2c1ccc(O)cc1. The summed E-state index contributed by atoms with van der Waals surface area (Å²) in [6, 6.07) is 13.6. The first-order valence-electron chi connectivity index (χ1n) is 6.45. The molecule has 0 saturated heterocycles. The van der Waals surface area contributed by atoms with E-state index in [1.807, 2.05) is 18.2 Å². The molecule has 2 heteroatoms. The van der Waals surface area contributed by atoms with Crippen molar-refractivity contribution in [2.75, 3.05) is 7.11 Å². The Morgan fingerprint density at radius 1 is 1.05 bits per heavy atom. The van der Waals surface area contributed by atoms with Crippen LogP contribution in [0.3, 0.4) is 0 Å². The zero-order chi connectivity index (χ0) is 13.2. The summed E-state index contributed by atoms with van der Waals surface area (Å²) in [6.07, 6.45) is 4.35. The van der Waals surface area contributed by atoms with Crippen LogP contribution in [0, 0.1) is 0 Å². The number of benzene rings is 2. The predicted molar refractivity (Wildman–Crippen MR) is 76.5 cm³/mol. The van der Waals surface area contributed by atoms with E-state index in [-0.39, 0.29) is 0 Å². The molecule has 1 aliphatic carbocycles. The molecule has 1 aliphatic rings. The lowest BCUT2D eigenvalue weighted by atomic mass is 9.87. The van der Waals surface area contributed by atoms with Crippen LogP contribution in [-0.4, -0.2) is 12.2 Å². The molecule has 0 bridgehead atoms. The number of phenols is 1. The maximum atomic E-state index is 9.38. The highest BCUT2D eigenvalue weighted by molar-refractivity contribution is 5.83. The third-order valence-electron chi connectivity index (χ3n) is 3.54. The number of hydrogen-bond acceptors (Lipinski definition) is 2. The number of ether oxygens (including phenoxy) is 1. The van der Waals surface area contributed by atoms with Crippen molar-refractivity contribution in [1.29, 1.82) is 0 Å². The Morgan fingerprint density at radius 3 is 2.58 bits per heavy atom. The van der Waals surface area contributed by atoms with Crippen LogP contribution in [0.5, 0.6) is 11.5 Å². The van der Waals surface area contributed by atoms with Gasteiger partial charge >= 0.3 is 0 Å². The number of rotatable bonds is 2. The minimum absolute atomic E-state index is 0.301. The first-order chi connectivity index (χ1) is 9.28. The van der Waals surface area contributed by atoms with Gasteiger partial charge in [0.05, 0.1) is 7.11 Å². The number of hydrogen-bond donors (Lipinski definition) is 1. The molecule has 0 unspecified atom stereocenters. The standard InChI is InChI=1S/C17H16O2/c1-19-15-9-10-17-13(11-15)3-2-4-16(17)12-5-7-14(18)8-6-12/h4-11,18H,2-3H2,1H3. The van der Waals surface area contributed by atoms with Gasteiger partial charge in [-0.1, -0.05) is 24.3 Å². The molecule has 2 aromatic rings. The second-order valence-electron chi connectivity index (χ2n) is 4.73. The molecule has 2 nitrogen and oxygen atoms in total. The molecule has 0 radical (unpaired) electrons. The Bertz CT molecular complexity index is 624. The fourth-order valence-corrected chi connectivity index (χ4v) is 2.56. The Labute approximate surface area is 113 Å². The summed E-state index contributed by atoms with van der Waals surface area (Å²) in [5, 5.41) is 9.38. The highest BCUT2D eigenvalue weighted by atomic mass is 16.5. The van der Waals surface area contributed by atoms with Crippen molar-refractivity contribution in [3.8, 4) is 11.5 Å². The van der Waals surface area contributed by atoms with Crippen molar-refractivity contribution >= 4 is 5.57 Å². The molecular formula is C17H16O2. The highest BCUT2D eigenvalue weighted by Gasteiger charge is 2.14. The van der Waals surface area contributed by atoms with Crippen molar-refractivity contribution in [3.63, 3.8) is 0 Å². The van der Waals surface area contributed by atoms with Crippen LogP contribution in [0.2, 0.25) is 0 Å². The largest absolute Gasteiger partial charge is 0.508 e. The average molecular weight is 252 g/mol. The zero-order valence-electron chi connectivity index (χ0n) is 10.9. The number of phenolic OH excluding ortho intramolecular Hbond substituents is 1. The van der Waals surface area contributed by atoms with E-state index in [0.29, 0.717) is 5.75 Å². The summed E-state index contributed by atoms with van der Waals surface area (Å²) < 4.78 is 5.28. The van der Waals surface area contributed by atoms with E-state index < -0.39 is 0 Å². The third kappa shape index (κ3) is 2.22. The Hall–Kier alpha value is -2.22. The van der Waals surface area contributed by atoms with Gasteiger partial charge in [-0.3, -0.25) is 0 Å². The van der Waals surface area contributed by atoms with Crippen LogP contribution in [0.1, 0.15) is 23.1 Å². The van der Waals surface area contributed by atoms with E-state index in [4.69, 9.17) is 4.74 Å². The van der Waals surface area contributed by atoms with Crippen LogP contribution in [0.15, 0.2) is 48.5 Å². The maximum Gasteiger partial charge on any atom is 0.119 e. The lowest BCUT2D eigenvalue weighted by Gasteiger charge is -2.19. The zero-order valence-corrected chi connectivity index (χ0v) is 10.9. The molecular weight excluding hydrogens is 236 g/mol. The van der Waals surface area contributed by atoms with Gasteiger partial charge in [0, 0.05) is 0 Å². The quantitative estimate of drug-likeness (QED) is 0.881. The molecule has 0 fully saturated rings. The van der Waals surface area contributed by atoms with Gasteiger partial charge < -0.3 is 9.84 Å². The Kier molecular flexibility index (Phi) is 3.00. The number of aromatic hydroxyl groups is 1. The van der Waals surface area contributed by atoms with Crippen molar-refractivity contribution in [2.45, 2.75) is 12.8 Å². The molecule has 0 atom stereocenters. The number of fused-ring (bicyclic) bond motifs is 1. The van der Waals surface area contributed by atoms with Crippen molar-refractivity contribution in [1.82, 2.24) is 0 Å². The van der Waals surface area contributed by atoms with Crippen molar-refractivity contribution in [2.24, 2.45) is 0 Å². The average Bonchev–Trinajstić information content (AvgIpc) is 2.47. The van der Waals surface area contributed by atoms with Gasteiger partial charge in [-0.05, 0) is 59.4 Å². The van der Waals surface area contributed by atoms with E-state index >= 15 is 0 Å². The number of allylic oxidation sites excluding steroid dienone is 1. The first kappa shape index (κ1) is 11.8. The summed E-state index contributed by atoms with van der Waals surface area (Å²) in [6.45, 7) is 0. The summed E-state index contributed by atoms with van der Waals surface area (Å²) in [5.41, 5.74) is 4.97. The molecule has 0 heterocycles.